The lowest BCUT2D eigenvalue weighted by Crippen LogP contribution is -2.35. The third-order valence-corrected chi connectivity index (χ3v) is 2.94. The molecule has 17 heavy (non-hydrogen) atoms. The van der Waals surface area contributed by atoms with E-state index < -0.39 is 0 Å². The summed E-state index contributed by atoms with van der Waals surface area (Å²) >= 11 is 0. The van der Waals surface area contributed by atoms with Crippen LogP contribution in [0.3, 0.4) is 0 Å². The second-order valence-electron chi connectivity index (χ2n) is 4.38. The average Bonchev–Trinajstić information content (AvgIpc) is 2.31. The highest BCUT2D eigenvalue weighted by Crippen LogP contribution is 2.23. The molecule has 0 radical (unpaired) electrons. The highest BCUT2D eigenvalue weighted by Gasteiger charge is 2.17. The van der Waals surface area contributed by atoms with E-state index in [0.717, 1.165) is 31.5 Å². The van der Waals surface area contributed by atoms with Gasteiger partial charge in [-0.1, -0.05) is 26.0 Å². The van der Waals surface area contributed by atoms with Gasteiger partial charge in [0.05, 0.1) is 0 Å². The molecular formula is C14H24N2O. The molecule has 0 aromatic heterocycles. The van der Waals surface area contributed by atoms with E-state index in [1.54, 1.807) is 6.07 Å². The monoisotopic (exact) mass is 236 g/mol. The van der Waals surface area contributed by atoms with Gasteiger partial charge in [-0.15, -0.1) is 0 Å². The van der Waals surface area contributed by atoms with Gasteiger partial charge in [0.15, 0.2) is 0 Å². The van der Waals surface area contributed by atoms with Crippen LogP contribution in [0.5, 0.6) is 5.75 Å². The molecule has 0 fully saturated rings. The van der Waals surface area contributed by atoms with Gasteiger partial charge in [-0.05, 0) is 43.6 Å². The summed E-state index contributed by atoms with van der Waals surface area (Å²) in [5.41, 5.74) is 7.00. The second kappa shape index (κ2) is 7.30. The molecule has 0 spiro atoms. The van der Waals surface area contributed by atoms with E-state index in [4.69, 9.17) is 5.73 Å². The van der Waals surface area contributed by atoms with Crippen LogP contribution in [-0.4, -0.2) is 29.6 Å². The number of nitrogens with two attached hydrogens (primary N) is 1. The van der Waals surface area contributed by atoms with Crippen LogP contribution in [0.15, 0.2) is 24.3 Å². The topological polar surface area (TPSA) is 49.5 Å². The van der Waals surface area contributed by atoms with Crippen LogP contribution >= 0.6 is 0 Å². The third-order valence-electron chi connectivity index (χ3n) is 2.94. The van der Waals surface area contributed by atoms with Crippen LogP contribution in [0, 0.1) is 0 Å². The van der Waals surface area contributed by atoms with E-state index in [1.807, 2.05) is 18.2 Å². The maximum Gasteiger partial charge on any atom is 0.115 e. The van der Waals surface area contributed by atoms with Crippen LogP contribution in [0.4, 0.5) is 0 Å². The maximum atomic E-state index is 9.54. The summed E-state index contributed by atoms with van der Waals surface area (Å²) in [6, 6.07) is 7.64. The molecule has 1 rings (SSSR count). The minimum absolute atomic E-state index is 0.210. The molecule has 3 heteroatoms. The zero-order valence-electron chi connectivity index (χ0n) is 10.9. The van der Waals surface area contributed by atoms with Crippen molar-refractivity contribution in [3.05, 3.63) is 29.8 Å². The van der Waals surface area contributed by atoms with E-state index >= 15 is 0 Å². The normalized spacial score (nSPS) is 12.9. The molecule has 1 atom stereocenters. The quantitative estimate of drug-likeness (QED) is 0.765. The predicted molar refractivity (Wildman–Crippen MR) is 72.1 cm³/mol. The van der Waals surface area contributed by atoms with Gasteiger partial charge < -0.3 is 10.8 Å². The fraction of sp³-hybridized carbons (Fsp3) is 0.571. The lowest BCUT2D eigenvalue weighted by atomic mass is 10.0. The minimum atomic E-state index is 0.210. The zero-order chi connectivity index (χ0) is 12.7. The molecule has 0 aliphatic carbocycles. The smallest absolute Gasteiger partial charge is 0.115 e. The van der Waals surface area contributed by atoms with Crippen molar-refractivity contribution in [2.75, 3.05) is 19.6 Å². The van der Waals surface area contributed by atoms with Crippen LogP contribution in [0.25, 0.3) is 0 Å². The number of benzene rings is 1. The Morgan fingerprint density at radius 1 is 1.24 bits per heavy atom. The number of hydrogen-bond acceptors (Lipinski definition) is 3. The first-order chi connectivity index (χ1) is 8.22. The predicted octanol–water partition coefficient (Wildman–Crippen LogP) is 2.51. The van der Waals surface area contributed by atoms with E-state index in [1.165, 1.54) is 0 Å². The molecule has 1 aromatic carbocycles. The van der Waals surface area contributed by atoms with Crippen molar-refractivity contribution < 1.29 is 5.11 Å². The van der Waals surface area contributed by atoms with Gasteiger partial charge in [0, 0.05) is 12.6 Å². The molecule has 0 aliphatic heterocycles. The minimum Gasteiger partial charge on any atom is -0.508 e. The SMILES string of the molecule is CCCN(CCC)C(CN)c1cccc(O)c1. The Bertz CT molecular complexity index is 322. The molecule has 3 N–H and O–H groups in total. The Kier molecular flexibility index (Phi) is 6.01. The number of aromatic hydroxyl groups is 1. The van der Waals surface area contributed by atoms with Gasteiger partial charge >= 0.3 is 0 Å². The summed E-state index contributed by atoms with van der Waals surface area (Å²) in [5.74, 6) is 0.314. The molecule has 0 bridgehead atoms. The van der Waals surface area contributed by atoms with E-state index in [-0.39, 0.29) is 6.04 Å². The molecule has 1 aromatic rings. The van der Waals surface area contributed by atoms with Crippen LogP contribution in [-0.2, 0) is 0 Å². The zero-order valence-corrected chi connectivity index (χ0v) is 10.9. The van der Waals surface area contributed by atoms with Gasteiger partial charge in [0.2, 0.25) is 0 Å². The summed E-state index contributed by atoms with van der Waals surface area (Å²) in [4.78, 5) is 2.40. The van der Waals surface area contributed by atoms with E-state index in [0.29, 0.717) is 12.3 Å². The number of nitrogens with zero attached hydrogens (tertiary/aromatic N) is 1. The van der Waals surface area contributed by atoms with Crippen molar-refractivity contribution in [3.8, 4) is 5.75 Å². The van der Waals surface area contributed by atoms with E-state index in [2.05, 4.69) is 18.7 Å². The summed E-state index contributed by atoms with van der Waals surface area (Å²) in [5, 5.41) is 9.54. The standard InChI is InChI=1S/C14H24N2O/c1-3-8-16(9-4-2)14(11-15)12-6-5-7-13(17)10-12/h5-7,10,14,17H,3-4,8-9,11,15H2,1-2H3. The maximum absolute atomic E-state index is 9.54. The van der Waals surface area contributed by atoms with Crippen LogP contribution in [0.1, 0.15) is 38.3 Å². The molecule has 0 saturated carbocycles. The molecule has 0 aliphatic rings. The highest BCUT2D eigenvalue weighted by atomic mass is 16.3. The number of phenols is 1. The Balaban J connectivity index is 2.87. The fourth-order valence-electron chi connectivity index (χ4n) is 2.23. The first-order valence-electron chi connectivity index (χ1n) is 6.46. The largest absolute Gasteiger partial charge is 0.508 e. The number of hydrogen-bond donors (Lipinski definition) is 2. The number of phenolic OH excluding ortho intramolecular Hbond substituents is 1. The first-order valence-corrected chi connectivity index (χ1v) is 6.46. The molecule has 0 saturated heterocycles. The van der Waals surface area contributed by atoms with Crippen molar-refractivity contribution in [1.29, 1.82) is 0 Å². The van der Waals surface area contributed by atoms with Crippen molar-refractivity contribution in [2.45, 2.75) is 32.7 Å². The van der Waals surface area contributed by atoms with Crippen molar-refractivity contribution in [2.24, 2.45) is 5.73 Å². The van der Waals surface area contributed by atoms with Gasteiger partial charge in [0.25, 0.3) is 0 Å². The molecule has 0 heterocycles. The van der Waals surface area contributed by atoms with E-state index in [9.17, 15) is 5.11 Å². The summed E-state index contributed by atoms with van der Waals surface area (Å²) < 4.78 is 0. The Morgan fingerprint density at radius 2 is 1.88 bits per heavy atom. The lowest BCUT2D eigenvalue weighted by Gasteiger charge is -2.30. The van der Waals surface area contributed by atoms with Gasteiger partial charge in [0.1, 0.15) is 5.75 Å². The number of rotatable bonds is 7. The molecule has 1 unspecified atom stereocenters. The average molecular weight is 236 g/mol. The molecule has 96 valence electrons. The third kappa shape index (κ3) is 4.02. The Labute approximate surface area is 104 Å². The van der Waals surface area contributed by atoms with Gasteiger partial charge in [-0.25, -0.2) is 0 Å². The first kappa shape index (κ1) is 14.0. The lowest BCUT2D eigenvalue weighted by molar-refractivity contribution is 0.202. The molecular weight excluding hydrogens is 212 g/mol. The molecule has 0 amide bonds. The highest BCUT2D eigenvalue weighted by molar-refractivity contribution is 5.29. The Hall–Kier alpha value is -1.06. The van der Waals surface area contributed by atoms with Crippen molar-refractivity contribution in [3.63, 3.8) is 0 Å². The van der Waals surface area contributed by atoms with Crippen molar-refractivity contribution in [1.82, 2.24) is 4.90 Å². The van der Waals surface area contributed by atoms with Crippen LogP contribution < -0.4 is 5.73 Å². The van der Waals surface area contributed by atoms with Crippen LogP contribution in [0.2, 0.25) is 0 Å². The van der Waals surface area contributed by atoms with Crippen molar-refractivity contribution >= 4 is 0 Å². The summed E-state index contributed by atoms with van der Waals surface area (Å²) in [7, 11) is 0. The van der Waals surface area contributed by atoms with Gasteiger partial charge in [-0.3, -0.25) is 4.90 Å². The summed E-state index contributed by atoms with van der Waals surface area (Å²) in [6.45, 7) is 7.04. The summed E-state index contributed by atoms with van der Waals surface area (Å²) in [6.07, 6.45) is 2.24. The second-order valence-corrected chi connectivity index (χ2v) is 4.38. The Morgan fingerprint density at radius 3 is 2.35 bits per heavy atom. The fourth-order valence-corrected chi connectivity index (χ4v) is 2.23. The van der Waals surface area contributed by atoms with Gasteiger partial charge in [-0.2, -0.15) is 0 Å². The molecule has 3 nitrogen and oxygen atoms in total.